The molecule has 1 aromatic rings. The van der Waals surface area contributed by atoms with Crippen molar-refractivity contribution in [2.45, 2.75) is 12.7 Å². The maximum Gasteiger partial charge on any atom is 0.114 e. The second-order valence-corrected chi connectivity index (χ2v) is 5.12. The summed E-state index contributed by atoms with van der Waals surface area (Å²) in [5.41, 5.74) is 9.02. The fraction of sp³-hybridized carbons (Fsp3) is 0.400. The highest BCUT2D eigenvalue weighted by Gasteiger charge is 2.31. The Hall–Kier alpha value is -1.24. The predicted molar refractivity (Wildman–Crippen MR) is 65.5 cm³/mol. The highest BCUT2D eigenvalue weighted by atomic mass is 32.1. The molecule has 4 heterocycles. The number of hydrogen-bond donors (Lipinski definition) is 2. The van der Waals surface area contributed by atoms with Gasteiger partial charge in [-0.25, -0.2) is 10.9 Å². The first-order chi connectivity index (χ1) is 7.93. The highest BCUT2D eigenvalue weighted by molar-refractivity contribution is 7.18. The molecule has 4 rings (SSSR count). The second kappa shape index (κ2) is 3.13. The molecule has 82 valence electrons. The van der Waals surface area contributed by atoms with Crippen LogP contribution in [0.2, 0.25) is 0 Å². The van der Waals surface area contributed by atoms with Gasteiger partial charge < -0.3 is 4.90 Å². The lowest BCUT2D eigenvalue weighted by atomic mass is 10.1. The minimum atomic E-state index is 0.285. The number of aliphatic imine (C=N–C) groups is 2. The number of rotatable bonds is 0. The van der Waals surface area contributed by atoms with Gasteiger partial charge in [-0.3, -0.25) is 9.98 Å². The molecule has 0 amide bonds. The van der Waals surface area contributed by atoms with E-state index in [9.17, 15) is 0 Å². The Morgan fingerprint density at radius 1 is 1.38 bits per heavy atom. The van der Waals surface area contributed by atoms with Gasteiger partial charge in [0, 0.05) is 23.6 Å². The molecule has 3 aliphatic heterocycles. The van der Waals surface area contributed by atoms with E-state index < -0.39 is 0 Å². The zero-order chi connectivity index (χ0) is 10.5. The molecular weight excluding hydrogens is 222 g/mol. The molecule has 0 spiro atoms. The van der Waals surface area contributed by atoms with Gasteiger partial charge in [-0.2, -0.15) is 0 Å². The Morgan fingerprint density at radius 2 is 2.38 bits per heavy atom. The Kier molecular flexibility index (Phi) is 1.73. The first-order valence-electron chi connectivity index (χ1n) is 5.34. The molecule has 16 heavy (non-hydrogen) atoms. The summed E-state index contributed by atoms with van der Waals surface area (Å²) >= 11 is 1.82. The highest BCUT2D eigenvalue weighted by Crippen LogP contribution is 2.38. The maximum atomic E-state index is 4.49. The van der Waals surface area contributed by atoms with Crippen LogP contribution in [0, 0.1) is 0 Å². The van der Waals surface area contributed by atoms with Gasteiger partial charge >= 0.3 is 0 Å². The molecule has 1 unspecified atom stereocenters. The third-order valence-corrected chi connectivity index (χ3v) is 4.39. The molecule has 1 atom stereocenters. The van der Waals surface area contributed by atoms with Gasteiger partial charge in [0.15, 0.2) is 0 Å². The van der Waals surface area contributed by atoms with E-state index in [1.165, 1.54) is 21.0 Å². The average Bonchev–Trinajstić information content (AvgIpc) is 2.93. The van der Waals surface area contributed by atoms with Crippen molar-refractivity contribution in [2.75, 3.05) is 18.1 Å². The molecular formula is C10H11N5S. The lowest BCUT2D eigenvalue weighted by Crippen LogP contribution is -2.38. The third-order valence-electron chi connectivity index (χ3n) is 3.17. The lowest BCUT2D eigenvalue weighted by molar-refractivity contribution is 0.566. The number of fused-ring (bicyclic) bond motifs is 5. The van der Waals surface area contributed by atoms with E-state index in [0.717, 1.165) is 19.8 Å². The van der Waals surface area contributed by atoms with Crippen molar-refractivity contribution in [3.05, 3.63) is 16.0 Å². The van der Waals surface area contributed by atoms with Crippen LogP contribution in [-0.2, 0) is 6.54 Å². The van der Waals surface area contributed by atoms with Crippen LogP contribution in [0.5, 0.6) is 0 Å². The van der Waals surface area contributed by atoms with E-state index in [1.54, 1.807) is 0 Å². The Labute approximate surface area is 96.9 Å². The van der Waals surface area contributed by atoms with Gasteiger partial charge in [0.25, 0.3) is 0 Å². The Bertz CT molecular complexity index is 504. The second-order valence-electron chi connectivity index (χ2n) is 4.09. The lowest BCUT2D eigenvalue weighted by Gasteiger charge is -2.20. The summed E-state index contributed by atoms with van der Waals surface area (Å²) in [4.78, 5) is 12.4. The molecule has 5 nitrogen and oxygen atoms in total. The minimum Gasteiger partial charge on any atom is -0.330 e. The van der Waals surface area contributed by atoms with Crippen molar-refractivity contribution in [1.29, 1.82) is 0 Å². The number of anilines is 1. The van der Waals surface area contributed by atoms with E-state index in [2.05, 4.69) is 25.7 Å². The van der Waals surface area contributed by atoms with Gasteiger partial charge in [-0.05, 0) is 0 Å². The quantitative estimate of drug-likeness (QED) is 0.678. The van der Waals surface area contributed by atoms with Crippen molar-refractivity contribution in [3.8, 4) is 0 Å². The van der Waals surface area contributed by atoms with Gasteiger partial charge in [0.05, 0.1) is 24.6 Å². The van der Waals surface area contributed by atoms with Crippen LogP contribution in [0.1, 0.15) is 16.0 Å². The number of hydrazine groups is 1. The number of thiophene rings is 1. The average molecular weight is 233 g/mol. The topological polar surface area (TPSA) is 52.0 Å². The summed E-state index contributed by atoms with van der Waals surface area (Å²) in [7, 11) is 0. The monoisotopic (exact) mass is 233 g/mol. The van der Waals surface area contributed by atoms with Crippen molar-refractivity contribution in [3.63, 3.8) is 0 Å². The van der Waals surface area contributed by atoms with Gasteiger partial charge in [-0.1, -0.05) is 0 Å². The minimum absolute atomic E-state index is 0.285. The SMILES string of the molecule is C1=NCc2c1sc1c2C=NCC2NNCN12. The zero-order valence-corrected chi connectivity index (χ0v) is 9.42. The van der Waals surface area contributed by atoms with E-state index >= 15 is 0 Å². The number of nitrogens with zero attached hydrogens (tertiary/aromatic N) is 3. The van der Waals surface area contributed by atoms with Crippen molar-refractivity contribution in [1.82, 2.24) is 10.9 Å². The van der Waals surface area contributed by atoms with Crippen LogP contribution < -0.4 is 15.8 Å². The summed E-state index contributed by atoms with van der Waals surface area (Å²) in [5, 5.41) is 1.32. The van der Waals surface area contributed by atoms with Gasteiger partial charge in [0.2, 0.25) is 0 Å². The number of hydrogen-bond acceptors (Lipinski definition) is 6. The first kappa shape index (κ1) is 8.86. The largest absolute Gasteiger partial charge is 0.330 e. The van der Waals surface area contributed by atoms with Crippen molar-refractivity contribution >= 4 is 28.8 Å². The maximum absolute atomic E-state index is 4.49. The molecule has 3 aliphatic rings. The normalized spacial score (nSPS) is 25.5. The van der Waals surface area contributed by atoms with E-state index in [4.69, 9.17) is 0 Å². The predicted octanol–water partition coefficient (Wildman–Crippen LogP) is 0.311. The van der Waals surface area contributed by atoms with Crippen molar-refractivity contribution < 1.29 is 0 Å². The summed E-state index contributed by atoms with van der Waals surface area (Å²) in [6, 6.07) is 0. The van der Waals surface area contributed by atoms with Crippen LogP contribution in [0.3, 0.4) is 0 Å². The smallest absolute Gasteiger partial charge is 0.114 e. The fourth-order valence-corrected chi connectivity index (χ4v) is 3.58. The molecule has 0 saturated carbocycles. The van der Waals surface area contributed by atoms with Crippen LogP contribution in [0.15, 0.2) is 9.98 Å². The molecule has 6 heteroatoms. The van der Waals surface area contributed by atoms with Crippen LogP contribution in [-0.4, -0.2) is 31.8 Å². The van der Waals surface area contributed by atoms with Crippen LogP contribution in [0.25, 0.3) is 0 Å². The molecule has 0 radical (unpaired) electrons. The van der Waals surface area contributed by atoms with Gasteiger partial charge in [0.1, 0.15) is 11.2 Å². The van der Waals surface area contributed by atoms with Crippen molar-refractivity contribution in [2.24, 2.45) is 9.98 Å². The zero-order valence-electron chi connectivity index (χ0n) is 8.60. The van der Waals surface area contributed by atoms with E-state index in [0.29, 0.717) is 0 Å². The number of nitrogens with one attached hydrogen (secondary N) is 2. The fourth-order valence-electron chi connectivity index (χ4n) is 2.35. The van der Waals surface area contributed by atoms with E-state index in [1.807, 2.05) is 23.8 Å². The molecule has 1 saturated heterocycles. The Morgan fingerprint density at radius 3 is 3.38 bits per heavy atom. The molecule has 0 aliphatic carbocycles. The van der Waals surface area contributed by atoms with Crippen LogP contribution >= 0.6 is 11.3 Å². The van der Waals surface area contributed by atoms with E-state index in [-0.39, 0.29) is 6.17 Å². The standard InChI is InChI=1S/C10H11N5S/c1-6-7-2-12-4-9-14-13-5-15(9)10(7)16-8(6)3-11-1/h2-3,9,13-14H,1,4-5H2. The summed E-state index contributed by atoms with van der Waals surface area (Å²) in [6.07, 6.45) is 4.28. The summed E-state index contributed by atoms with van der Waals surface area (Å²) in [6.45, 7) is 2.45. The molecule has 0 aromatic carbocycles. The summed E-state index contributed by atoms with van der Waals surface area (Å²) in [5.74, 6) is 0. The Balaban J connectivity index is 1.91. The third kappa shape index (κ3) is 1.06. The van der Waals surface area contributed by atoms with Crippen LogP contribution in [0.4, 0.5) is 5.00 Å². The first-order valence-corrected chi connectivity index (χ1v) is 6.15. The summed E-state index contributed by atoms with van der Waals surface area (Å²) < 4.78 is 0. The molecule has 1 fully saturated rings. The van der Waals surface area contributed by atoms with Gasteiger partial charge in [-0.15, -0.1) is 11.3 Å². The molecule has 0 bridgehead atoms. The molecule has 1 aromatic heterocycles. The molecule has 2 N–H and O–H groups in total.